The largest absolute Gasteiger partial charge is 0.486 e. The molecule has 0 spiro atoms. The van der Waals surface area contributed by atoms with Gasteiger partial charge >= 0.3 is 0 Å². The molecule has 1 aliphatic rings. The molecule has 0 bridgehead atoms. The van der Waals surface area contributed by atoms with Crippen molar-refractivity contribution in [3.05, 3.63) is 101 Å². The smallest absolute Gasteiger partial charge is 0.276 e. The number of para-hydroxylation sites is 1. The number of benzene rings is 3. The molecule has 0 saturated carbocycles. The first-order valence-electron chi connectivity index (χ1n) is 10.3. The van der Waals surface area contributed by atoms with E-state index in [1.165, 1.54) is 28.6 Å². The molecule has 4 aromatic rings. The Hall–Kier alpha value is -4.04. The van der Waals surface area contributed by atoms with E-state index in [1.807, 2.05) is 42.5 Å². The molecule has 0 unspecified atom stereocenters. The molecule has 5 rings (SSSR count). The van der Waals surface area contributed by atoms with E-state index in [0.29, 0.717) is 36.1 Å². The van der Waals surface area contributed by atoms with Crippen molar-refractivity contribution in [3.8, 4) is 17.2 Å². The summed E-state index contributed by atoms with van der Waals surface area (Å²) in [6, 6.07) is 25.2. The van der Waals surface area contributed by atoms with E-state index in [4.69, 9.17) is 9.47 Å². The number of amides is 1. The van der Waals surface area contributed by atoms with Gasteiger partial charge in [-0.3, -0.25) is 9.59 Å². The highest BCUT2D eigenvalue weighted by atomic mass is 32.2. The minimum Gasteiger partial charge on any atom is -0.486 e. The summed E-state index contributed by atoms with van der Waals surface area (Å²) in [5.41, 5.74) is 0.940. The highest BCUT2D eigenvalue weighted by molar-refractivity contribution is 7.99. The van der Waals surface area contributed by atoms with E-state index in [0.717, 1.165) is 9.79 Å². The lowest BCUT2D eigenvalue weighted by molar-refractivity contribution is 0.102. The number of hydrogen-bond acceptors (Lipinski definition) is 6. The number of aromatic nitrogens is 2. The van der Waals surface area contributed by atoms with E-state index in [-0.39, 0.29) is 11.3 Å². The van der Waals surface area contributed by atoms with E-state index in [9.17, 15) is 9.59 Å². The van der Waals surface area contributed by atoms with Crippen molar-refractivity contribution in [3.63, 3.8) is 0 Å². The molecule has 1 N–H and O–H groups in total. The average molecular weight is 458 g/mol. The first-order valence-corrected chi connectivity index (χ1v) is 11.1. The lowest BCUT2D eigenvalue weighted by Gasteiger charge is -2.21. The van der Waals surface area contributed by atoms with Crippen molar-refractivity contribution in [1.29, 1.82) is 0 Å². The van der Waals surface area contributed by atoms with Crippen LogP contribution in [0.5, 0.6) is 11.5 Å². The van der Waals surface area contributed by atoms with Crippen LogP contribution in [0.25, 0.3) is 5.69 Å². The molecule has 1 aliphatic heterocycles. The second-order valence-electron chi connectivity index (χ2n) is 7.17. The van der Waals surface area contributed by atoms with Crippen molar-refractivity contribution >= 4 is 23.4 Å². The molecular weight excluding hydrogens is 438 g/mol. The number of ether oxygens (including phenoxy) is 2. The maximum Gasteiger partial charge on any atom is 0.276 e. The number of anilines is 1. The van der Waals surface area contributed by atoms with E-state index < -0.39 is 5.91 Å². The van der Waals surface area contributed by atoms with Crippen LogP contribution in [0.2, 0.25) is 0 Å². The molecular formula is C25H19N3O4S. The Bertz CT molecular complexity index is 1360. The SMILES string of the molecule is O=C(Nc1cc2c(cc1Sc1ccccc1)OCCO2)c1ccc(=O)n(-c2ccccc2)n1. The predicted octanol–water partition coefficient (Wildman–Crippen LogP) is 4.41. The van der Waals surface area contributed by atoms with Crippen LogP contribution in [0.4, 0.5) is 5.69 Å². The Morgan fingerprint density at radius 2 is 1.55 bits per heavy atom. The lowest BCUT2D eigenvalue weighted by Crippen LogP contribution is -2.25. The first-order chi connectivity index (χ1) is 16.2. The van der Waals surface area contributed by atoms with Crippen molar-refractivity contribution in [2.24, 2.45) is 0 Å². The van der Waals surface area contributed by atoms with Gasteiger partial charge in [0.25, 0.3) is 11.5 Å². The van der Waals surface area contributed by atoms with E-state index >= 15 is 0 Å². The Balaban J connectivity index is 1.48. The van der Waals surface area contributed by atoms with Gasteiger partial charge in [-0.1, -0.05) is 48.2 Å². The van der Waals surface area contributed by atoms with Crippen LogP contribution < -0.4 is 20.3 Å². The Labute approximate surface area is 194 Å². The van der Waals surface area contributed by atoms with Gasteiger partial charge in [0.15, 0.2) is 11.5 Å². The van der Waals surface area contributed by atoms with Gasteiger partial charge in [-0.05, 0) is 30.3 Å². The zero-order valence-electron chi connectivity index (χ0n) is 17.4. The average Bonchev–Trinajstić information content (AvgIpc) is 2.86. The van der Waals surface area contributed by atoms with Crippen molar-refractivity contribution in [2.45, 2.75) is 9.79 Å². The number of nitrogens with one attached hydrogen (secondary N) is 1. The molecule has 3 aromatic carbocycles. The number of fused-ring (bicyclic) bond motifs is 1. The second-order valence-corrected chi connectivity index (χ2v) is 8.28. The predicted molar refractivity (Wildman–Crippen MR) is 126 cm³/mol. The van der Waals surface area contributed by atoms with Crippen molar-refractivity contribution in [2.75, 3.05) is 18.5 Å². The van der Waals surface area contributed by atoms with Crippen LogP contribution in [-0.2, 0) is 0 Å². The van der Waals surface area contributed by atoms with Gasteiger partial charge < -0.3 is 14.8 Å². The summed E-state index contributed by atoms with van der Waals surface area (Å²) in [5, 5.41) is 7.19. The minimum absolute atomic E-state index is 0.115. The number of carbonyl (C=O) groups is 1. The molecule has 0 radical (unpaired) electrons. The fourth-order valence-electron chi connectivity index (χ4n) is 3.34. The fourth-order valence-corrected chi connectivity index (χ4v) is 4.27. The maximum absolute atomic E-state index is 13.1. The van der Waals surface area contributed by atoms with Gasteiger partial charge in [-0.15, -0.1) is 0 Å². The summed E-state index contributed by atoms with van der Waals surface area (Å²) < 4.78 is 12.6. The molecule has 8 heteroatoms. The highest BCUT2D eigenvalue weighted by Gasteiger charge is 2.19. The van der Waals surface area contributed by atoms with Gasteiger partial charge in [-0.25, -0.2) is 0 Å². The molecule has 0 saturated heterocycles. The maximum atomic E-state index is 13.1. The van der Waals surface area contributed by atoms with Gasteiger partial charge in [0.2, 0.25) is 0 Å². The number of carbonyl (C=O) groups excluding carboxylic acids is 1. The third kappa shape index (κ3) is 4.61. The Morgan fingerprint density at radius 1 is 0.879 bits per heavy atom. The lowest BCUT2D eigenvalue weighted by atomic mass is 10.2. The third-order valence-electron chi connectivity index (χ3n) is 4.90. The third-order valence-corrected chi connectivity index (χ3v) is 5.96. The van der Waals surface area contributed by atoms with Crippen LogP contribution in [0, 0.1) is 0 Å². The van der Waals surface area contributed by atoms with E-state index in [1.54, 1.807) is 30.3 Å². The highest BCUT2D eigenvalue weighted by Crippen LogP contribution is 2.42. The molecule has 33 heavy (non-hydrogen) atoms. The van der Waals surface area contributed by atoms with Gasteiger partial charge in [0, 0.05) is 28.0 Å². The zero-order valence-corrected chi connectivity index (χ0v) is 18.2. The summed E-state index contributed by atoms with van der Waals surface area (Å²) in [7, 11) is 0. The summed E-state index contributed by atoms with van der Waals surface area (Å²) in [6.07, 6.45) is 0. The molecule has 7 nitrogen and oxygen atoms in total. The van der Waals surface area contributed by atoms with Gasteiger partial charge in [-0.2, -0.15) is 9.78 Å². The fraction of sp³-hybridized carbons (Fsp3) is 0.0800. The Morgan fingerprint density at radius 3 is 2.27 bits per heavy atom. The number of hydrogen-bond donors (Lipinski definition) is 1. The summed E-state index contributed by atoms with van der Waals surface area (Å²) in [6.45, 7) is 0.911. The van der Waals surface area contributed by atoms with Crippen molar-refractivity contribution in [1.82, 2.24) is 9.78 Å². The zero-order chi connectivity index (χ0) is 22.6. The van der Waals surface area contributed by atoms with Crippen LogP contribution in [0.3, 0.4) is 0 Å². The minimum atomic E-state index is -0.439. The topological polar surface area (TPSA) is 82.5 Å². The Kier molecular flexibility index (Phi) is 5.82. The van der Waals surface area contributed by atoms with E-state index in [2.05, 4.69) is 10.4 Å². The van der Waals surface area contributed by atoms with Gasteiger partial charge in [0.05, 0.1) is 11.4 Å². The molecule has 1 amide bonds. The van der Waals surface area contributed by atoms with Crippen LogP contribution in [-0.4, -0.2) is 28.9 Å². The summed E-state index contributed by atoms with van der Waals surface area (Å²) >= 11 is 1.50. The molecule has 0 fully saturated rings. The monoisotopic (exact) mass is 457 g/mol. The molecule has 1 aromatic heterocycles. The second kappa shape index (κ2) is 9.22. The van der Waals surface area contributed by atoms with Crippen LogP contribution >= 0.6 is 11.8 Å². The van der Waals surface area contributed by atoms with Crippen molar-refractivity contribution < 1.29 is 14.3 Å². The number of nitrogens with zero attached hydrogens (tertiary/aromatic N) is 2. The van der Waals surface area contributed by atoms with Crippen LogP contribution in [0.15, 0.2) is 99.5 Å². The van der Waals surface area contributed by atoms with Gasteiger partial charge in [0.1, 0.15) is 18.9 Å². The molecule has 164 valence electrons. The quantitative estimate of drug-likeness (QED) is 0.478. The summed E-state index contributed by atoms with van der Waals surface area (Å²) in [4.78, 5) is 27.2. The van der Waals surface area contributed by atoms with Crippen LogP contribution in [0.1, 0.15) is 10.5 Å². The normalized spacial score (nSPS) is 12.2. The summed E-state index contributed by atoms with van der Waals surface area (Å²) in [5.74, 6) is 0.760. The molecule has 0 atom stereocenters. The molecule has 2 heterocycles. The standard InChI is InChI=1S/C25H19N3O4S/c29-24-12-11-19(27-28(24)17-7-3-1-4-8-17)25(30)26-20-15-21-22(32-14-13-31-21)16-23(20)33-18-9-5-2-6-10-18/h1-12,15-16H,13-14H2,(H,26,30). The first kappa shape index (κ1) is 20.8. The molecule has 0 aliphatic carbocycles. The number of rotatable bonds is 5.